The first kappa shape index (κ1) is 32.2. The molecular weight excluding hydrogens is 576 g/mol. The molecule has 1 aliphatic carbocycles. The highest BCUT2D eigenvalue weighted by Crippen LogP contribution is 2.54. The molecule has 2 aromatic rings. The molecule has 0 unspecified atom stereocenters. The summed E-state index contributed by atoms with van der Waals surface area (Å²) in [6.07, 6.45) is 2.27. The highest BCUT2D eigenvalue weighted by Gasteiger charge is 2.55. The predicted molar refractivity (Wildman–Crippen MR) is 168 cm³/mol. The van der Waals surface area contributed by atoms with Gasteiger partial charge in [0.2, 0.25) is 5.91 Å². The monoisotopic (exact) mass is 620 g/mol. The van der Waals surface area contributed by atoms with E-state index in [1.807, 2.05) is 51.1 Å². The topological polar surface area (TPSA) is 145 Å². The van der Waals surface area contributed by atoms with Crippen molar-refractivity contribution in [1.82, 2.24) is 25.1 Å². The lowest BCUT2D eigenvalue weighted by Crippen LogP contribution is -2.57. The number of carbonyl (C=O) groups is 4. The molecule has 3 fully saturated rings. The molecule has 3 heterocycles. The Balaban J connectivity index is 1.27. The van der Waals surface area contributed by atoms with Gasteiger partial charge in [0, 0.05) is 57.3 Å². The number of fused-ring (bicyclic) bond motifs is 1. The second kappa shape index (κ2) is 14.3. The maximum atomic E-state index is 13.7. The van der Waals surface area contributed by atoms with Crippen LogP contribution in [0.25, 0.3) is 11.4 Å². The van der Waals surface area contributed by atoms with Crippen LogP contribution in [-0.4, -0.2) is 101 Å². The van der Waals surface area contributed by atoms with Crippen molar-refractivity contribution in [3.63, 3.8) is 0 Å². The fourth-order valence-corrected chi connectivity index (χ4v) is 6.41. The number of hydrogen-bond acceptors (Lipinski definition) is 8. The number of amides is 3. The molecule has 0 radical (unpaired) electrons. The normalized spacial score (nSPS) is 21.3. The van der Waals surface area contributed by atoms with Crippen LogP contribution in [0.1, 0.15) is 56.9 Å². The van der Waals surface area contributed by atoms with Gasteiger partial charge in [0.1, 0.15) is 17.6 Å². The molecule has 3 amide bonds. The Bertz CT molecular complexity index is 1370. The van der Waals surface area contributed by atoms with Crippen LogP contribution in [0, 0.1) is 23.7 Å². The number of anilines is 1. The number of rotatable bonds is 12. The Kier molecular flexibility index (Phi) is 10.2. The molecular formula is C33H44N6O6. The van der Waals surface area contributed by atoms with Gasteiger partial charge in [-0.25, -0.2) is 14.8 Å². The Hall–Kier alpha value is -4.22. The van der Waals surface area contributed by atoms with E-state index in [1.165, 1.54) is 0 Å². The van der Waals surface area contributed by atoms with Gasteiger partial charge in [-0.15, -0.1) is 0 Å². The number of aromatic nitrogens is 2. The number of piperazine rings is 1. The molecule has 2 N–H and O–H groups in total. The van der Waals surface area contributed by atoms with Gasteiger partial charge in [0.25, 0.3) is 5.91 Å². The number of benzene rings is 1. The number of carboxylic acids is 1. The molecule has 2 aliphatic heterocycles. The van der Waals surface area contributed by atoms with E-state index >= 15 is 0 Å². The third-order valence-corrected chi connectivity index (χ3v) is 9.16. The van der Waals surface area contributed by atoms with E-state index in [4.69, 9.17) is 14.8 Å². The standard InChI is InChI=1S/C33H44N6O6/c1-4-5-17-45-33(44)38-15-13-37(14-16-38)32(43)29(21(2)3)36-31(42)26-18-27(35-30(34-26)22-9-7-6-8-10-22)39-19-24-23(25(24)20-39)11-12-28(40)41/h6-10,18,21,23-25,29H,4-5,11-17,19-20H2,1-3H3,(H,36,42)(H,40,41)/t23-,24+,25-,29-/m0/s1. The van der Waals surface area contributed by atoms with E-state index in [0.29, 0.717) is 68.6 Å². The van der Waals surface area contributed by atoms with Gasteiger partial charge in [-0.05, 0) is 36.5 Å². The molecule has 2 saturated heterocycles. The molecule has 0 bridgehead atoms. The van der Waals surface area contributed by atoms with Gasteiger partial charge in [-0.3, -0.25) is 14.4 Å². The quantitative estimate of drug-likeness (QED) is 0.341. The van der Waals surface area contributed by atoms with Crippen LogP contribution >= 0.6 is 0 Å². The summed E-state index contributed by atoms with van der Waals surface area (Å²) >= 11 is 0. The summed E-state index contributed by atoms with van der Waals surface area (Å²) in [4.78, 5) is 65.6. The first-order valence-corrected chi connectivity index (χ1v) is 16.1. The zero-order valence-corrected chi connectivity index (χ0v) is 26.4. The van der Waals surface area contributed by atoms with Crippen molar-refractivity contribution in [2.75, 3.05) is 50.8 Å². The lowest BCUT2D eigenvalue weighted by atomic mass is 10.0. The first-order valence-electron chi connectivity index (χ1n) is 16.1. The number of unbranched alkanes of at least 4 members (excludes halogenated alkanes) is 1. The number of aliphatic carboxylic acids is 1. The van der Waals surface area contributed by atoms with Crippen LogP contribution in [0.2, 0.25) is 0 Å². The summed E-state index contributed by atoms with van der Waals surface area (Å²) < 4.78 is 5.32. The summed E-state index contributed by atoms with van der Waals surface area (Å²) in [5.74, 6) is 0.758. The van der Waals surface area contributed by atoms with Gasteiger partial charge < -0.3 is 29.9 Å². The van der Waals surface area contributed by atoms with Crippen molar-refractivity contribution in [3.05, 3.63) is 42.1 Å². The molecule has 12 nitrogen and oxygen atoms in total. The van der Waals surface area contributed by atoms with Crippen molar-refractivity contribution < 1.29 is 29.0 Å². The summed E-state index contributed by atoms with van der Waals surface area (Å²) in [5, 5.41) is 12.0. The van der Waals surface area contributed by atoms with Crippen molar-refractivity contribution in [1.29, 1.82) is 0 Å². The van der Waals surface area contributed by atoms with Crippen molar-refractivity contribution >= 4 is 29.7 Å². The number of nitrogens with one attached hydrogen (secondary N) is 1. The summed E-state index contributed by atoms with van der Waals surface area (Å²) in [7, 11) is 0. The number of carbonyl (C=O) groups excluding carboxylic acids is 3. The van der Waals surface area contributed by atoms with Gasteiger partial charge in [0.15, 0.2) is 5.82 Å². The van der Waals surface area contributed by atoms with Gasteiger partial charge >= 0.3 is 12.1 Å². The van der Waals surface area contributed by atoms with Crippen molar-refractivity contribution in [2.24, 2.45) is 23.7 Å². The minimum atomic E-state index is -0.770. The van der Waals surface area contributed by atoms with Crippen molar-refractivity contribution in [3.8, 4) is 11.4 Å². The van der Waals surface area contributed by atoms with E-state index in [-0.39, 0.29) is 30.0 Å². The fraction of sp³-hybridized carbons (Fsp3) is 0.576. The molecule has 5 rings (SSSR count). The molecule has 4 atom stereocenters. The fourth-order valence-electron chi connectivity index (χ4n) is 6.41. The number of hydrogen-bond donors (Lipinski definition) is 2. The lowest BCUT2D eigenvalue weighted by Gasteiger charge is -2.36. The molecule has 1 aromatic carbocycles. The van der Waals surface area contributed by atoms with E-state index in [2.05, 4.69) is 15.2 Å². The van der Waals surface area contributed by atoms with E-state index in [1.54, 1.807) is 15.9 Å². The summed E-state index contributed by atoms with van der Waals surface area (Å²) in [6.45, 7) is 9.19. The predicted octanol–water partition coefficient (Wildman–Crippen LogP) is 3.53. The van der Waals surface area contributed by atoms with Crippen LogP contribution in [0.15, 0.2) is 36.4 Å². The van der Waals surface area contributed by atoms with E-state index < -0.39 is 17.9 Å². The molecule has 45 heavy (non-hydrogen) atoms. The number of ether oxygens (including phenoxy) is 1. The minimum Gasteiger partial charge on any atom is -0.481 e. The molecule has 12 heteroatoms. The average molecular weight is 621 g/mol. The van der Waals surface area contributed by atoms with Crippen LogP contribution < -0.4 is 10.2 Å². The second-order valence-electron chi connectivity index (χ2n) is 12.6. The summed E-state index contributed by atoms with van der Waals surface area (Å²) in [5.41, 5.74) is 0.958. The third kappa shape index (κ3) is 7.72. The second-order valence-corrected chi connectivity index (χ2v) is 12.6. The Labute approximate surface area is 264 Å². The first-order chi connectivity index (χ1) is 21.7. The van der Waals surface area contributed by atoms with Gasteiger partial charge in [0.05, 0.1) is 6.61 Å². The number of carboxylic acid groups (broad SMARTS) is 1. The van der Waals surface area contributed by atoms with Crippen molar-refractivity contribution in [2.45, 2.75) is 52.5 Å². The van der Waals surface area contributed by atoms with Crippen LogP contribution in [0.5, 0.6) is 0 Å². The Morgan fingerprint density at radius 1 is 1.00 bits per heavy atom. The molecule has 1 aromatic heterocycles. The summed E-state index contributed by atoms with van der Waals surface area (Å²) in [6, 6.07) is 10.4. The highest BCUT2D eigenvalue weighted by molar-refractivity contribution is 5.97. The zero-order valence-electron chi connectivity index (χ0n) is 26.4. The Morgan fingerprint density at radius 3 is 2.29 bits per heavy atom. The highest BCUT2D eigenvalue weighted by atomic mass is 16.6. The zero-order chi connectivity index (χ0) is 32.1. The SMILES string of the molecule is CCCCOC(=O)N1CCN(C(=O)[C@@H](NC(=O)c2cc(N3C[C@@H]4[C@H](CCC(=O)O)[C@@H]4C3)nc(-c3ccccc3)n2)C(C)C)CC1. The lowest BCUT2D eigenvalue weighted by molar-refractivity contribution is -0.137. The molecule has 1 saturated carbocycles. The molecule has 3 aliphatic rings. The molecule has 0 spiro atoms. The van der Waals surface area contributed by atoms with E-state index in [9.17, 15) is 19.2 Å². The van der Waals surface area contributed by atoms with E-state index in [0.717, 1.165) is 31.5 Å². The largest absolute Gasteiger partial charge is 0.481 e. The number of piperidine rings is 1. The smallest absolute Gasteiger partial charge is 0.409 e. The Morgan fingerprint density at radius 2 is 1.67 bits per heavy atom. The van der Waals surface area contributed by atoms with Crippen LogP contribution in [0.3, 0.4) is 0 Å². The maximum Gasteiger partial charge on any atom is 0.409 e. The molecule has 242 valence electrons. The minimum absolute atomic E-state index is 0.179. The van der Waals surface area contributed by atoms with Gasteiger partial charge in [-0.2, -0.15) is 0 Å². The average Bonchev–Trinajstić information content (AvgIpc) is 3.50. The third-order valence-electron chi connectivity index (χ3n) is 9.16. The van der Waals surface area contributed by atoms with Gasteiger partial charge in [-0.1, -0.05) is 57.5 Å². The number of nitrogens with zero attached hydrogens (tertiary/aromatic N) is 5. The van der Waals surface area contributed by atoms with Crippen LogP contribution in [0.4, 0.5) is 10.6 Å². The maximum absolute atomic E-state index is 13.7. The van der Waals surface area contributed by atoms with Crippen LogP contribution in [-0.2, 0) is 14.3 Å².